The Morgan fingerprint density at radius 1 is 0.677 bits per heavy atom. The summed E-state index contributed by atoms with van der Waals surface area (Å²) in [4.78, 5) is 23.9. The van der Waals surface area contributed by atoms with Crippen LogP contribution in [0.3, 0.4) is 0 Å². The Morgan fingerprint density at radius 3 is 1.32 bits per heavy atom. The van der Waals surface area contributed by atoms with Gasteiger partial charge in [0.2, 0.25) is 11.8 Å². The van der Waals surface area contributed by atoms with E-state index in [1.54, 1.807) is 40.6 Å². The fourth-order valence-electron chi connectivity index (χ4n) is 3.42. The first kappa shape index (κ1) is 23.9. The highest BCUT2D eigenvalue weighted by molar-refractivity contribution is 5.74. The fraction of sp³-hybridized carbons (Fsp3) is 0.391. The van der Waals surface area contributed by atoms with E-state index in [1.165, 1.54) is 13.8 Å². The quantitative estimate of drug-likeness (QED) is 0.601. The van der Waals surface area contributed by atoms with E-state index in [2.05, 4.69) is 10.6 Å². The van der Waals surface area contributed by atoms with Gasteiger partial charge in [-0.05, 0) is 41.8 Å². The average Bonchev–Trinajstić information content (AvgIpc) is 2.76. The lowest BCUT2D eigenvalue weighted by atomic mass is 9.94. The van der Waals surface area contributed by atoms with Crippen LogP contribution < -0.4 is 29.6 Å². The number of rotatable bonds is 10. The van der Waals surface area contributed by atoms with Gasteiger partial charge in [-0.3, -0.25) is 9.59 Å². The van der Waals surface area contributed by atoms with Crippen molar-refractivity contribution in [2.75, 3.05) is 28.4 Å². The van der Waals surface area contributed by atoms with Gasteiger partial charge in [0.1, 0.15) is 0 Å². The highest BCUT2D eigenvalue weighted by Crippen LogP contribution is 2.36. The summed E-state index contributed by atoms with van der Waals surface area (Å²) in [5.41, 5.74) is 1.65. The molecule has 168 valence electrons. The first-order valence-corrected chi connectivity index (χ1v) is 9.81. The molecule has 0 unspecified atom stereocenters. The van der Waals surface area contributed by atoms with Gasteiger partial charge in [0.15, 0.2) is 23.0 Å². The van der Waals surface area contributed by atoms with Gasteiger partial charge in [-0.2, -0.15) is 0 Å². The van der Waals surface area contributed by atoms with Crippen LogP contribution >= 0.6 is 0 Å². The van der Waals surface area contributed by atoms with Crippen molar-refractivity contribution in [1.82, 2.24) is 10.6 Å². The number of carbonyl (C=O) groups excluding carboxylic acids is 2. The molecule has 8 nitrogen and oxygen atoms in total. The van der Waals surface area contributed by atoms with Crippen molar-refractivity contribution in [1.29, 1.82) is 0 Å². The molecule has 0 fully saturated rings. The van der Waals surface area contributed by atoms with E-state index in [9.17, 15) is 9.59 Å². The average molecular weight is 431 g/mol. The monoisotopic (exact) mass is 430 g/mol. The maximum atomic E-state index is 11.9. The third kappa shape index (κ3) is 6.28. The molecule has 0 bridgehead atoms. The Bertz CT molecular complexity index is 841. The molecule has 2 N–H and O–H groups in total. The van der Waals surface area contributed by atoms with Gasteiger partial charge in [0.25, 0.3) is 0 Å². The van der Waals surface area contributed by atoms with Crippen molar-refractivity contribution in [3.8, 4) is 23.0 Å². The molecule has 0 radical (unpaired) electrons. The molecule has 0 aromatic heterocycles. The zero-order valence-corrected chi connectivity index (χ0v) is 18.8. The van der Waals surface area contributed by atoms with E-state index >= 15 is 0 Å². The van der Waals surface area contributed by atoms with E-state index in [4.69, 9.17) is 18.9 Å². The second-order valence-corrected chi connectivity index (χ2v) is 6.97. The summed E-state index contributed by atoms with van der Waals surface area (Å²) >= 11 is 0. The maximum Gasteiger partial charge on any atom is 0.217 e. The van der Waals surface area contributed by atoms with Gasteiger partial charge in [0.05, 0.1) is 40.5 Å². The number of amides is 2. The second-order valence-electron chi connectivity index (χ2n) is 6.97. The summed E-state index contributed by atoms with van der Waals surface area (Å²) in [6.45, 7) is 2.91. The number of nitrogens with one attached hydrogen (secondary N) is 2. The van der Waals surface area contributed by atoms with E-state index in [0.29, 0.717) is 29.4 Å². The maximum absolute atomic E-state index is 11.9. The predicted octanol–water partition coefficient (Wildman–Crippen LogP) is 3.17. The van der Waals surface area contributed by atoms with E-state index in [1.807, 2.05) is 24.3 Å². The van der Waals surface area contributed by atoms with Crippen LogP contribution in [0.2, 0.25) is 0 Å². The SMILES string of the molecule is COc1ccc([C@H](C[C@H](NC(C)=O)c2ccc(OC)c(OC)c2)NC(C)=O)cc1OC. The minimum absolute atomic E-state index is 0.186. The molecule has 0 saturated carbocycles. The van der Waals surface area contributed by atoms with E-state index < -0.39 is 0 Å². The number of methoxy groups -OCH3 is 4. The molecule has 0 aliphatic carbocycles. The van der Waals surface area contributed by atoms with Gasteiger partial charge in [0, 0.05) is 13.8 Å². The Labute approximate surface area is 182 Å². The zero-order valence-electron chi connectivity index (χ0n) is 18.8. The Morgan fingerprint density at radius 2 is 1.03 bits per heavy atom. The number of ether oxygens (including phenoxy) is 4. The largest absolute Gasteiger partial charge is 0.493 e. The van der Waals surface area contributed by atoms with E-state index in [0.717, 1.165) is 11.1 Å². The van der Waals surface area contributed by atoms with Crippen LogP contribution in [0.4, 0.5) is 0 Å². The van der Waals surface area contributed by atoms with Crippen LogP contribution in [0.15, 0.2) is 36.4 Å². The fourth-order valence-corrected chi connectivity index (χ4v) is 3.42. The number of hydrogen-bond acceptors (Lipinski definition) is 6. The Kier molecular flexibility index (Phi) is 8.54. The van der Waals surface area contributed by atoms with Gasteiger partial charge in [-0.15, -0.1) is 0 Å². The van der Waals surface area contributed by atoms with Crippen LogP contribution in [0.25, 0.3) is 0 Å². The minimum Gasteiger partial charge on any atom is -0.493 e. The summed E-state index contributed by atoms with van der Waals surface area (Å²) < 4.78 is 21.4. The molecule has 2 aromatic carbocycles. The molecule has 0 saturated heterocycles. The lowest BCUT2D eigenvalue weighted by Crippen LogP contribution is -2.33. The van der Waals surface area contributed by atoms with Crippen LogP contribution in [0.5, 0.6) is 23.0 Å². The second kappa shape index (κ2) is 11.1. The summed E-state index contributed by atoms with van der Waals surface area (Å²) in [6, 6.07) is 10.2. The van der Waals surface area contributed by atoms with Gasteiger partial charge < -0.3 is 29.6 Å². The summed E-state index contributed by atoms with van der Waals surface area (Å²) in [5, 5.41) is 5.93. The van der Waals surface area contributed by atoms with Crippen LogP contribution in [0.1, 0.15) is 43.5 Å². The third-order valence-corrected chi connectivity index (χ3v) is 4.85. The molecule has 31 heavy (non-hydrogen) atoms. The molecule has 0 aliphatic rings. The topological polar surface area (TPSA) is 95.1 Å². The number of benzene rings is 2. The van der Waals surface area contributed by atoms with Crippen molar-refractivity contribution in [2.24, 2.45) is 0 Å². The molecule has 0 aliphatic heterocycles. The lowest BCUT2D eigenvalue weighted by molar-refractivity contribution is -0.119. The van der Waals surface area contributed by atoms with Crippen molar-refractivity contribution >= 4 is 11.8 Å². The molecule has 2 atom stereocenters. The summed E-state index contributed by atoms with van der Waals surface area (Å²) in [6.07, 6.45) is 0.407. The Balaban J connectivity index is 2.45. The van der Waals surface area contributed by atoms with Crippen molar-refractivity contribution in [2.45, 2.75) is 32.4 Å². The molecular weight excluding hydrogens is 400 g/mol. The molecule has 2 rings (SSSR count). The van der Waals surface area contributed by atoms with Crippen LogP contribution in [0, 0.1) is 0 Å². The highest BCUT2D eigenvalue weighted by Gasteiger charge is 2.23. The molecule has 2 amide bonds. The smallest absolute Gasteiger partial charge is 0.217 e. The molecular formula is C23H30N2O6. The standard InChI is InChI=1S/C23H30N2O6/c1-14(26)24-18(16-7-9-20(28-3)22(11-16)30-5)13-19(25-15(2)27)17-8-10-21(29-4)23(12-17)31-6/h7-12,18-19H,13H2,1-6H3,(H,24,26)(H,25,27)/t18-,19-/m0/s1. The first-order valence-electron chi connectivity index (χ1n) is 9.81. The third-order valence-electron chi connectivity index (χ3n) is 4.85. The molecule has 0 heterocycles. The normalized spacial score (nSPS) is 12.3. The van der Waals surface area contributed by atoms with E-state index in [-0.39, 0.29) is 23.9 Å². The predicted molar refractivity (Wildman–Crippen MR) is 117 cm³/mol. The van der Waals surface area contributed by atoms with Gasteiger partial charge in [-0.1, -0.05) is 12.1 Å². The number of hydrogen-bond donors (Lipinski definition) is 2. The van der Waals surface area contributed by atoms with Crippen LogP contribution in [-0.4, -0.2) is 40.3 Å². The van der Waals surface area contributed by atoms with Crippen molar-refractivity contribution < 1.29 is 28.5 Å². The van der Waals surface area contributed by atoms with Gasteiger partial charge >= 0.3 is 0 Å². The highest BCUT2D eigenvalue weighted by atomic mass is 16.5. The van der Waals surface area contributed by atoms with Crippen LogP contribution in [-0.2, 0) is 9.59 Å². The zero-order chi connectivity index (χ0) is 23.0. The van der Waals surface area contributed by atoms with Crippen molar-refractivity contribution in [3.63, 3.8) is 0 Å². The number of carbonyl (C=O) groups is 2. The summed E-state index contributed by atoms with van der Waals surface area (Å²) in [7, 11) is 6.23. The first-order chi connectivity index (χ1) is 14.8. The summed E-state index contributed by atoms with van der Waals surface area (Å²) in [5.74, 6) is 1.91. The molecule has 0 spiro atoms. The molecule has 8 heteroatoms. The Hall–Kier alpha value is -3.42. The van der Waals surface area contributed by atoms with Crippen molar-refractivity contribution in [3.05, 3.63) is 47.5 Å². The minimum atomic E-state index is -0.387. The molecule has 2 aromatic rings. The lowest BCUT2D eigenvalue weighted by Gasteiger charge is -2.26. The van der Waals surface area contributed by atoms with Gasteiger partial charge in [-0.25, -0.2) is 0 Å².